The van der Waals surface area contributed by atoms with Gasteiger partial charge in [0.25, 0.3) is 0 Å². The molecule has 1 aromatic carbocycles. The van der Waals surface area contributed by atoms with Crippen LogP contribution in [0.5, 0.6) is 0 Å². The molecule has 106 valence electrons. The highest BCUT2D eigenvalue weighted by molar-refractivity contribution is 5.93. The Morgan fingerprint density at radius 2 is 2.14 bits per heavy atom. The highest BCUT2D eigenvalue weighted by Gasteiger charge is 2.11. The van der Waals surface area contributed by atoms with E-state index in [0.29, 0.717) is 22.4 Å². The zero-order valence-corrected chi connectivity index (χ0v) is 11.6. The van der Waals surface area contributed by atoms with Gasteiger partial charge in [0.05, 0.1) is 11.2 Å². The summed E-state index contributed by atoms with van der Waals surface area (Å²) in [5, 5.41) is 3.17. The van der Waals surface area contributed by atoms with Gasteiger partial charge in [0.1, 0.15) is 11.5 Å². The Labute approximate surface area is 120 Å². The molecular weight excluding hydrogens is 271 g/mol. The zero-order chi connectivity index (χ0) is 15.0. The Morgan fingerprint density at radius 3 is 2.81 bits per heavy atom. The van der Waals surface area contributed by atoms with Gasteiger partial charge in [-0.3, -0.25) is 4.79 Å². The van der Waals surface area contributed by atoms with Crippen molar-refractivity contribution in [2.45, 2.75) is 13.8 Å². The van der Waals surface area contributed by atoms with Crippen LogP contribution < -0.4 is 5.32 Å². The molecule has 0 fully saturated rings. The molecule has 1 amide bonds. The summed E-state index contributed by atoms with van der Waals surface area (Å²) in [6.07, 6.45) is 3.36. The van der Waals surface area contributed by atoms with Crippen molar-refractivity contribution < 1.29 is 9.18 Å². The van der Waals surface area contributed by atoms with Crippen molar-refractivity contribution in [1.29, 1.82) is 0 Å². The number of hydrogen-bond donors (Lipinski definition) is 2. The van der Waals surface area contributed by atoms with Crippen LogP contribution >= 0.6 is 0 Å². The minimum atomic E-state index is -0.478. The molecule has 6 heteroatoms. The van der Waals surface area contributed by atoms with Crippen molar-refractivity contribution >= 4 is 22.5 Å². The second kappa shape index (κ2) is 4.97. The Balaban J connectivity index is 2.20. The third kappa shape index (κ3) is 2.47. The van der Waals surface area contributed by atoms with E-state index in [4.69, 9.17) is 0 Å². The summed E-state index contributed by atoms with van der Waals surface area (Å²) in [5.41, 5.74) is 2.29. The number of anilines is 1. The van der Waals surface area contributed by atoms with E-state index >= 15 is 0 Å². The molecule has 3 aromatic rings. The third-order valence-corrected chi connectivity index (χ3v) is 3.16. The number of rotatable bonds is 2. The lowest BCUT2D eigenvalue weighted by Gasteiger charge is -2.09. The number of halogens is 1. The Hall–Kier alpha value is -2.76. The van der Waals surface area contributed by atoms with Gasteiger partial charge in [-0.05, 0) is 30.7 Å². The number of hydrogen-bond acceptors (Lipinski definition) is 3. The van der Waals surface area contributed by atoms with E-state index in [0.717, 1.165) is 5.56 Å². The number of amides is 1. The smallest absolute Gasteiger partial charge is 0.221 e. The number of imidazole rings is 1. The third-order valence-electron chi connectivity index (χ3n) is 3.16. The summed E-state index contributed by atoms with van der Waals surface area (Å²) >= 11 is 0. The fraction of sp³-hybridized carbons (Fsp3) is 0.133. The molecule has 2 aromatic heterocycles. The number of aryl methyl sites for hydroxylation is 1. The molecule has 0 aliphatic carbocycles. The van der Waals surface area contributed by atoms with E-state index in [9.17, 15) is 9.18 Å². The molecule has 5 nitrogen and oxygen atoms in total. The highest BCUT2D eigenvalue weighted by Crippen LogP contribution is 2.27. The van der Waals surface area contributed by atoms with Gasteiger partial charge in [0, 0.05) is 24.7 Å². The van der Waals surface area contributed by atoms with Gasteiger partial charge in [0.15, 0.2) is 5.82 Å². The van der Waals surface area contributed by atoms with Crippen LogP contribution in [0.1, 0.15) is 12.5 Å². The van der Waals surface area contributed by atoms with Gasteiger partial charge in [0.2, 0.25) is 5.91 Å². The largest absolute Gasteiger partial charge is 0.343 e. The maximum Gasteiger partial charge on any atom is 0.221 e. The SMILES string of the molecule is CC(=O)Nc1cc2nc(-c3ncc[nH]3)cc(C)c2cc1F. The van der Waals surface area contributed by atoms with E-state index in [1.165, 1.54) is 19.1 Å². The van der Waals surface area contributed by atoms with Crippen molar-refractivity contribution in [3.05, 3.63) is 42.0 Å². The van der Waals surface area contributed by atoms with Gasteiger partial charge in [-0.1, -0.05) is 0 Å². The minimum Gasteiger partial charge on any atom is -0.343 e. The average molecular weight is 284 g/mol. The first-order valence-corrected chi connectivity index (χ1v) is 6.43. The molecule has 21 heavy (non-hydrogen) atoms. The summed E-state index contributed by atoms with van der Waals surface area (Å²) in [6, 6.07) is 4.76. The van der Waals surface area contributed by atoms with E-state index in [1.807, 2.05) is 13.0 Å². The minimum absolute atomic E-state index is 0.124. The topological polar surface area (TPSA) is 70.7 Å². The molecule has 0 saturated heterocycles. The molecule has 0 bridgehead atoms. The van der Waals surface area contributed by atoms with Crippen LogP contribution in [0, 0.1) is 12.7 Å². The van der Waals surface area contributed by atoms with Gasteiger partial charge in [-0.2, -0.15) is 0 Å². The highest BCUT2D eigenvalue weighted by atomic mass is 19.1. The van der Waals surface area contributed by atoms with Gasteiger partial charge in [-0.15, -0.1) is 0 Å². The summed E-state index contributed by atoms with van der Waals surface area (Å²) in [6.45, 7) is 3.22. The molecule has 0 atom stereocenters. The second-order valence-corrected chi connectivity index (χ2v) is 4.79. The summed E-state index contributed by atoms with van der Waals surface area (Å²) in [7, 11) is 0. The first kappa shape index (κ1) is 13.2. The molecule has 0 aliphatic heterocycles. The van der Waals surface area contributed by atoms with Crippen LogP contribution in [0.3, 0.4) is 0 Å². The van der Waals surface area contributed by atoms with Crippen molar-refractivity contribution in [3.8, 4) is 11.5 Å². The summed E-state index contributed by atoms with van der Waals surface area (Å²) in [5.74, 6) is -0.161. The predicted octanol–water partition coefficient (Wildman–Crippen LogP) is 3.03. The van der Waals surface area contributed by atoms with E-state index in [-0.39, 0.29) is 11.6 Å². The van der Waals surface area contributed by atoms with Gasteiger partial charge >= 0.3 is 0 Å². The first-order chi connectivity index (χ1) is 10.0. The number of pyridine rings is 1. The monoisotopic (exact) mass is 284 g/mol. The molecule has 0 radical (unpaired) electrons. The van der Waals surface area contributed by atoms with Crippen LogP contribution in [0.4, 0.5) is 10.1 Å². The number of nitrogens with zero attached hydrogens (tertiary/aromatic N) is 2. The second-order valence-electron chi connectivity index (χ2n) is 4.79. The molecule has 0 spiro atoms. The van der Waals surface area contributed by atoms with Crippen LogP contribution in [0.2, 0.25) is 0 Å². The number of aromatic nitrogens is 3. The number of carbonyl (C=O) groups excluding carboxylic acids is 1. The van der Waals surface area contributed by atoms with Gasteiger partial charge < -0.3 is 10.3 Å². The lowest BCUT2D eigenvalue weighted by atomic mass is 10.1. The van der Waals surface area contributed by atoms with E-state index in [2.05, 4.69) is 20.3 Å². The summed E-state index contributed by atoms with van der Waals surface area (Å²) < 4.78 is 14.0. The molecule has 2 heterocycles. The normalized spacial score (nSPS) is 10.8. The first-order valence-electron chi connectivity index (χ1n) is 6.43. The van der Waals surface area contributed by atoms with Crippen LogP contribution in [-0.2, 0) is 4.79 Å². The number of fused-ring (bicyclic) bond motifs is 1. The van der Waals surface area contributed by atoms with Crippen molar-refractivity contribution in [1.82, 2.24) is 15.0 Å². The van der Waals surface area contributed by atoms with Gasteiger partial charge in [-0.25, -0.2) is 14.4 Å². The molecule has 3 rings (SSSR count). The predicted molar refractivity (Wildman–Crippen MR) is 78.3 cm³/mol. The van der Waals surface area contributed by atoms with Crippen LogP contribution in [-0.4, -0.2) is 20.9 Å². The Bertz CT molecular complexity index is 827. The molecule has 0 aliphatic rings. The molecule has 0 unspecified atom stereocenters. The molecule has 0 saturated carbocycles. The molecule has 2 N–H and O–H groups in total. The van der Waals surface area contributed by atoms with Crippen molar-refractivity contribution in [2.24, 2.45) is 0 Å². The maximum atomic E-state index is 14.0. The van der Waals surface area contributed by atoms with Crippen LogP contribution in [0.15, 0.2) is 30.6 Å². The lowest BCUT2D eigenvalue weighted by molar-refractivity contribution is -0.114. The zero-order valence-electron chi connectivity index (χ0n) is 11.6. The average Bonchev–Trinajstić information content (AvgIpc) is 2.94. The maximum absolute atomic E-state index is 14.0. The quantitative estimate of drug-likeness (QED) is 0.760. The number of nitrogens with one attached hydrogen (secondary N) is 2. The van der Waals surface area contributed by atoms with Crippen molar-refractivity contribution in [2.75, 3.05) is 5.32 Å². The number of benzene rings is 1. The fourth-order valence-electron chi connectivity index (χ4n) is 2.23. The number of carbonyl (C=O) groups is 1. The standard InChI is InChI=1S/C15H13FN4O/c1-8-5-14(15-17-3-4-18-15)20-12-7-13(19-9(2)21)11(16)6-10(8)12/h3-7H,1-2H3,(H,17,18)(H,19,21). The van der Waals surface area contributed by atoms with E-state index in [1.54, 1.807) is 12.4 Å². The van der Waals surface area contributed by atoms with E-state index < -0.39 is 5.82 Å². The number of aromatic amines is 1. The Morgan fingerprint density at radius 1 is 1.33 bits per heavy atom. The van der Waals surface area contributed by atoms with Crippen molar-refractivity contribution in [3.63, 3.8) is 0 Å². The fourth-order valence-corrected chi connectivity index (χ4v) is 2.23. The number of H-pyrrole nitrogens is 1. The molecular formula is C15H13FN4O. The Kier molecular flexibility index (Phi) is 3.13. The summed E-state index contributed by atoms with van der Waals surface area (Å²) in [4.78, 5) is 22.7. The van der Waals surface area contributed by atoms with Crippen LogP contribution in [0.25, 0.3) is 22.4 Å². The lowest BCUT2D eigenvalue weighted by Crippen LogP contribution is -2.07.